The molecule has 0 unspecified atom stereocenters. The van der Waals surface area contributed by atoms with E-state index in [1.54, 1.807) is 18.2 Å². The number of nitrogens with one attached hydrogen (secondary N) is 2. The minimum absolute atomic E-state index is 0.159. The summed E-state index contributed by atoms with van der Waals surface area (Å²) in [6.07, 6.45) is 1.46. The van der Waals surface area contributed by atoms with Crippen LogP contribution in [-0.2, 0) is 0 Å². The minimum atomic E-state index is -0.313. The normalized spacial score (nSPS) is 10.2. The molecule has 2 rings (SSSR count). The van der Waals surface area contributed by atoms with Crippen LogP contribution in [0.15, 0.2) is 24.4 Å². The summed E-state index contributed by atoms with van der Waals surface area (Å²) in [6, 6.07) is 5.09. The number of benzene rings is 1. The van der Waals surface area contributed by atoms with Crippen LogP contribution in [0.5, 0.6) is 0 Å². The van der Waals surface area contributed by atoms with Gasteiger partial charge < -0.3 is 11.1 Å². The zero-order chi connectivity index (χ0) is 14.0. The van der Waals surface area contributed by atoms with Gasteiger partial charge in [-0.1, -0.05) is 23.8 Å². The van der Waals surface area contributed by atoms with E-state index in [9.17, 15) is 4.79 Å². The van der Waals surface area contributed by atoms with Gasteiger partial charge in [0.2, 0.25) is 0 Å². The average molecular weight is 295 g/mol. The Morgan fingerprint density at radius 2 is 2.21 bits per heavy atom. The largest absolute Gasteiger partial charge is 0.389 e. The molecular weight excluding hydrogens is 284 g/mol. The lowest BCUT2D eigenvalue weighted by atomic mass is 10.1. The van der Waals surface area contributed by atoms with Crippen molar-refractivity contribution in [3.05, 3.63) is 46.1 Å². The number of aromatic nitrogens is 2. The number of anilines is 1. The van der Waals surface area contributed by atoms with Crippen LogP contribution in [0.3, 0.4) is 0 Å². The van der Waals surface area contributed by atoms with Gasteiger partial charge in [0.05, 0.1) is 11.8 Å². The molecule has 7 heteroatoms. The summed E-state index contributed by atoms with van der Waals surface area (Å²) < 4.78 is 0. The molecule has 1 amide bonds. The monoisotopic (exact) mass is 294 g/mol. The maximum absolute atomic E-state index is 12.1. The van der Waals surface area contributed by atoms with Crippen molar-refractivity contribution in [2.75, 3.05) is 5.32 Å². The topological polar surface area (TPSA) is 83.8 Å². The third kappa shape index (κ3) is 3.10. The smallest absolute Gasteiger partial charge is 0.256 e. The van der Waals surface area contributed by atoms with E-state index < -0.39 is 0 Å². The highest BCUT2D eigenvalue weighted by Gasteiger charge is 2.13. The van der Waals surface area contributed by atoms with Gasteiger partial charge in [-0.15, -0.1) is 0 Å². The molecule has 1 aromatic heterocycles. The summed E-state index contributed by atoms with van der Waals surface area (Å²) >= 11 is 10.8. The Morgan fingerprint density at radius 1 is 1.47 bits per heavy atom. The average Bonchev–Trinajstić information content (AvgIpc) is 2.75. The van der Waals surface area contributed by atoms with Gasteiger partial charge >= 0.3 is 0 Å². The molecule has 0 saturated carbocycles. The summed E-state index contributed by atoms with van der Waals surface area (Å²) in [6.45, 7) is 1.86. The number of hydrogen-bond acceptors (Lipinski definition) is 3. The second-order valence-electron chi connectivity index (χ2n) is 3.99. The first-order valence-corrected chi connectivity index (χ1v) is 6.17. The third-order valence-electron chi connectivity index (χ3n) is 2.45. The second-order valence-corrected chi connectivity index (χ2v) is 4.87. The molecule has 1 heterocycles. The van der Waals surface area contributed by atoms with Crippen LogP contribution in [0, 0.1) is 6.92 Å². The fourth-order valence-corrected chi connectivity index (χ4v) is 2.07. The Labute approximate surface area is 120 Å². The van der Waals surface area contributed by atoms with Crippen molar-refractivity contribution in [1.29, 1.82) is 0 Å². The molecule has 0 fully saturated rings. The molecular formula is C12H11ClN4OS. The molecule has 0 atom stereocenters. The van der Waals surface area contributed by atoms with Gasteiger partial charge in [0.15, 0.2) is 0 Å². The molecule has 0 aliphatic rings. The highest BCUT2D eigenvalue weighted by Crippen LogP contribution is 2.17. The molecule has 5 nitrogen and oxygen atoms in total. The molecule has 19 heavy (non-hydrogen) atoms. The van der Waals surface area contributed by atoms with Crippen LogP contribution >= 0.6 is 23.8 Å². The number of thiocarbonyl (C=S) groups is 1. The van der Waals surface area contributed by atoms with Crippen LogP contribution < -0.4 is 11.1 Å². The number of aryl methyl sites for hydroxylation is 1. The highest BCUT2D eigenvalue weighted by atomic mass is 35.5. The first-order chi connectivity index (χ1) is 8.97. The van der Waals surface area contributed by atoms with Gasteiger partial charge in [0, 0.05) is 10.6 Å². The molecule has 0 aliphatic heterocycles. The summed E-state index contributed by atoms with van der Waals surface area (Å²) in [4.78, 5) is 12.2. The van der Waals surface area contributed by atoms with E-state index in [0.717, 1.165) is 5.56 Å². The molecule has 0 radical (unpaired) electrons. The summed E-state index contributed by atoms with van der Waals surface area (Å²) in [7, 11) is 0. The van der Waals surface area contributed by atoms with E-state index in [2.05, 4.69) is 15.5 Å². The zero-order valence-corrected chi connectivity index (χ0v) is 11.6. The lowest BCUT2D eigenvalue weighted by Gasteiger charge is -2.06. The van der Waals surface area contributed by atoms with Gasteiger partial charge in [-0.25, -0.2) is 0 Å². The zero-order valence-electron chi connectivity index (χ0n) is 10.0. The van der Waals surface area contributed by atoms with Crippen LogP contribution in [0.4, 0.5) is 5.82 Å². The first-order valence-electron chi connectivity index (χ1n) is 5.39. The fraction of sp³-hybridized carbons (Fsp3) is 0.0833. The van der Waals surface area contributed by atoms with Crippen molar-refractivity contribution in [3.63, 3.8) is 0 Å². The molecule has 2 aromatic rings. The summed E-state index contributed by atoms with van der Waals surface area (Å²) in [5.74, 6) is 0.0579. The van der Waals surface area contributed by atoms with Crippen molar-refractivity contribution in [2.45, 2.75) is 6.92 Å². The predicted molar refractivity (Wildman–Crippen MR) is 78.6 cm³/mol. The van der Waals surface area contributed by atoms with Crippen molar-refractivity contribution in [1.82, 2.24) is 10.2 Å². The Morgan fingerprint density at radius 3 is 2.84 bits per heavy atom. The fourth-order valence-electron chi connectivity index (χ4n) is 1.62. The highest BCUT2D eigenvalue weighted by molar-refractivity contribution is 7.80. The van der Waals surface area contributed by atoms with Crippen LogP contribution in [0.1, 0.15) is 21.5 Å². The second kappa shape index (κ2) is 5.38. The molecule has 4 N–H and O–H groups in total. The Hall–Kier alpha value is -1.92. The van der Waals surface area contributed by atoms with Gasteiger partial charge in [-0.2, -0.15) is 5.10 Å². The van der Waals surface area contributed by atoms with Crippen molar-refractivity contribution in [2.24, 2.45) is 5.73 Å². The number of nitrogens with zero attached hydrogens (tertiary/aromatic N) is 1. The van der Waals surface area contributed by atoms with Crippen LogP contribution in [0.25, 0.3) is 0 Å². The molecule has 1 aromatic carbocycles. The maximum atomic E-state index is 12.1. The molecule has 0 saturated heterocycles. The van der Waals surface area contributed by atoms with Crippen molar-refractivity contribution < 1.29 is 4.79 Å². The Kier molecular flexibility index (Phi) is 3.82. The van der Waals surface area contributed by atoms with Crippen molar-refractivity contribution >= 4 is 40.5 Å². The van der Waals surface area contributed by atoms with E-state index in [4.69, 9.17) is 29.6 Å². The van der Waals surface area contributed by atoms with E-state index in [-0.39, 0.29) is 10.9 Å². The standard InChI is InChI=1S/C12H11ClN4OS/c1-6-2-7(4-8(13)3-6)12(18)16-11-9(10(14)19)5-15-17-11/h2-5H,1H3,(H2,14,19)(H2,15,16,17,18). The van der Waals surface area contributed by atoms with Crippen LogP contribution in [0.2, 0.25) is 5.02 Å². The minimum Gasteiger partial charge on any atom is -0.389 e. The quantitative estimate of drug-likeness (QED) is 0.758. The van der Waals surface area contributed by atoms with E-state index >= 15 is 0 Å². The number of H-pyrrole nitrogens is 1. The molecule has 0 aliphatic carbocycles. The molecule has 0 spiro atoms. The lowest BCUT2D eigenvalue weighted by molar-refractivity contribution is 0.102. The molecule has 98 valence electrons. The summed E-state index contributed by atoms with van der Waals surface area (Å²) in [5, 5.41) is 9.59. The van der Waals surface area contributed by atoms with E-state index in [1.165, 1.54) is 6.20 Å². The van der Waals surface area contributed by atoms with Crippen molar-refractivity contribution in [3.8, 4) is 0 Å². The number of hydrogen-bond donors (Lipinski definition) is 3. The number of aromatic amines is 1. The first kappa shape index (κ1) is 13.5. The SMILES string of the molecule is Cc1cc(Cl)cc(C(=O)Nc2[nH]ncc2C(N)=S)c1. The third-order valence-corrected chi connectivity index (χ3v) is 2.89. The van der Waals surface area contributed by atoms with E-state index in [0.29, 0.717) is 22.0 Å². The predicted octanol–water partition coefficient (Wildman–Crippen LogP) is 2.26. The van der Waals surface area contributed by atoms with Gasteiger partial charge in [-0.05, 0) is 30.7 Å². The number of nitrogens with two attached hydrogens (primary N) is 1. The maximum Gasteiger partial charge on any atom is 0.256 e. The van der Waals surface area contributed by atoms with E-state index in [1.807, 2.05) is 6.92 Å². The number of amides is 1. The number of carbonyl (C=O) groups is 1. The Balaban J connectivity index is 2.25. The Bertz CT molecular complexity index is 633. The number of rotatable bonds is 3. The van der Waals surface area contributed by atoms with Gasteiger partial charge in [-0.3, -0.25) is 9.89 Å². The summed E-state index contributed by atoms with van der Waals surface area (Å²) in [5.41, 5.74) is 7.36. The number of carbonyl (C=O) groups excluding carboxylic acids is 1. The number of halogens is 1. The van der Waals surface area contributed by atoms with Gasteiger partial charge in [0.1, 0.15) is 10.8 Å². The van der Waals surface area contributed by atoms with Crippen LogP contribution in [-0.4, -0.2) is 21.1 Å². The molecule has 0 bridgehead atoms. The lowest BCUT2D eigenvalue weighted by Crippen LogP contribution is -2.17. The van der Waals surface area contributed by atoms with Gasteiger partial charge in [0.25, 0.3) is 5.91 Å².